The lowest BCUT2D eigenvalue weighted by atomic mass is 9.91. The first-order valence-corrected chi connectivity index (χ1v) is 6.97. The largest absolute Gasteiger partial charge is 0.462 e. The summed E-state index contributed by atoms with van der Waals surface area (Å²) in [4.78, 5) is 22.9. The molecule has 5 nitrogen and oxygen atoms in total. The second-order valence-electron chi connectivity index (χ2n) is 5.19. The normalized spacial score (nSPS) is 11.2. The summed E-state index contributed by atoms with van der Waals surface area (Å²) < 4.78 is 10.0. The Hall–Kier alpha value is -1.10. The molecule has 0 atom stereocenters. The average molecular weight is 273 g/mol. The van der Waals surface area contributed by atoms with Crippen molar-refractivity contribution in [1.29, 1.82) is 0 Å². The maximum atomic E-state index is 11.6. The van der Waals surface area contributed by atoms with Gasteiger partial charge in [-0.1, -0.05) is 13.3 Å². The number of esters is 2. The Morgan fingerprint density at radius 3 is 2.26 bits per heavy atom. The summed E-state index contributed by atoms with van der Waals surface area (Å²) in [7, 11) is 0. The van der Waals surface area contributed by atoms with Crippen molar-refractivity contribution in [1.82, 2.24) is 0 Å². The molecule has 5 heteroatoms. The Labute approximate surface area is 115 Å². The zero-order valence-electron chi connectivity index (χ0n) is 12.4. The molecule has 0 aromatic carbocycles. The van der Waals surface area contributed by atoms with Gasteiger partial charge in [0.05, 0.1) is 5.41 Å². The van der Waals surface area contributed by atoms with Crippen LogP contribution in [-0.4, -0.2) is 31.7 Å². The monoisotopic (exact) mass is 273 g/mol. The van der Waals surface area contributed by atoms with Gasteiger partial charge in [0.1, 0.15) is 13.2 Å². The molecule has 0 heterocycles. The number of carbonyl (C=O) groups excluding carboxylic acids is 2. The van der Waals surface area contributed by atoms with Crippen LogP contribution in [-0.2, 0) is 19.1 Å². The van der Waals surface area contributed by atoms with E-state index in [1.807, 2.05) is 20.8 Å². The van der Waals surface area contributed by atoms with E-state index in [0.717, 1.165) is 19.3 Å². The lowest BCUT2D eigenvalue weighted by Gasteiger charge is -2.20. The Morgan fingerprint density at radius 2 is 1.68 bits per heavy atom. The van der Waals surface area contributed by atoms with Gasteiger partial charge in [-0.05, 0) is 39.7 Å². The van der Waals surface area contributed by atoms with Crippen molar-refractivity contribution in [2.75, 3.05) is 19.8 Å². The van der Waals surface area contributed by atoms with Gasteiger partial charge in [0.15, 0.2) is 0 Å². The van der Waals surface area contributed by atoms with Crippen LogP contribution in [0.5, 0.6) is 0 Å². The summed E-state index contributed by atoms with van der Waals surface area (Å²) in [5.41, 5.74) is 4.87. The molecule has 0 aliphatic carbocycles. The number of carbonyl (C=O) groups is 2. The van der Waals surface area contributed by atoms with E-state index >= 15 is 0 Å². The van der Waals surface area contributed by atoms with Gasteiger partial charge >= 0.3 is 11.9 Å². The fourth-order valence-corrected chi connectivity index (χ4v) is 1.29. The smallest absolute Gasteiger partial charge is 0.311 e. The molecule has 0 radical (unpaired) electrons. The fourth-order valence-electron chi connectivity index (χ4n) is 1.29. The van der Waals surface area contributed by atoms with Gasteiger partial charge in [0, 0.05) is 6.42 Å². The van der Waals surface area contributed by atoms with E-state index in [0.29, 0.717) is 19.4 Å². The lowest BCUT2D eigenvalue weighted by Crippen LogP contribution is -2.27. The van der Waals surface area contributed by atoms with Crippen LogP contribution in [0.15, 0.2) is 0 Å². The molecular weight excluding hydrogens is 246 g/mol. The minimum absolute atomic E-state index is 0.122. The Morgan fingerprint density at radius 1 is 1.05 bits per heavy atom. The summed E-state index contributed by atoms with van der Waals surface area (Å²) in [6.45, 7) is 6.50. The summed E-state index contributed by atoms with van der Waals surface area (Å²) >= 11 is 0. The highest BCUT2D eigenvalue weighted by atomic mass is 16.6. The van der Waals surface area contributed by atoms with E-state index in [4.69, 9.17) is 15.2 Å². The molecule has 0 spiro atoms. The van der Waals surface area contributed by atoms with Crippen LogP contribution < -0.4 is 5.73 Å². The highest BCUT2D eigenvalue weighted by molar-refractivity contribution is 5.75. The summed E-state index contributed by atoms with van der Waals surface area (Å²) in [6, 6.07) is 0. The summed E-state index contributed by atoms with van der Waals surface area (Å²) in [5.74, 6) is -0.503. The summed E-state index contributed by atoms with van der Waals surface area (Å²) in [5, 5.41) is 0. The van der Waals surface area contributed by atoms with Gasteiger partial charge < -0.3 is 15.2 Å². The summed E-state index contributed by atoms with van der Waals surface area (Å²) in [6.07, 6.45) is 3.77. The number of rotatable bonds is 10. The van der Waals surface area contributed by atoms with Crippen molar-refractivity contribution in [3.63, 3.8) is 0 Å². The zero-order valence-corrected chi connectivity index (χ0v) is 12.4. The van der Waals surface area contributed by atoms with E-state index in [1.54, 1.807) is 0 Å². The predicted molar refractivity (Wildman–Crippen MR) is 73.5 cm³/mol. The topological polar surface area (TPSA) is 78.6 Å². The van der Waals surface area contributed by atoms with E-state index in [9.17, 15) is 9.59 Å². The third-order valence-corrected chi connectivity index (χ3v) is 3.10. The molecule has 2 N–H and O–H groups in total. The highest BCUT2D eigenvalue weighted by Crippen LogP contribution is 2.21. The molecule has 0 aromatic rings. The van der Waals surface area contributed by atoms with Gasteiger partial charge in [-0.2, -0.15) is 0 Å². The number of hydrogen-bond acceptors (Lipinski definition) is 5. The molecule has 112 valence electrons. The Kier molecular flexibility index (Phi) is 9.21. The van der Waals surface area contributed by atoms with Crippen molar-refractivity contribution < 1.29 is 19.1 Å². The fraction of sp³-hybridized carbons (Fsp3) is 0.857. The third-order valence-electron chi connectivity index (χ3n) is 3.10. The molecule has 0 saturated carbocycles. The molecule has 0 amide bonds. The second kappa shape index (κ2) is 9.78. The first kappa shape index (κ1) is 17.9. The first-order chi connectivity index (χ1) is 8.94. The minimum Gasteiger partial charge on any atom is -0.462 e. The van der Waals surface area contributed by atoms with Crippen molar-refractivity contribution in [3.8, 4) is 0 Å². The SMILES string of the molecule is CCC(C)(C)C(=O)OCCOC(=O)CCCCCN. The minimum atomic E-state index is -0.480. The molecule has 0 aromatic heterocycles. The average Bonchev–Trinajstić information content (AvgIpc) is 2.39. The Bertz CT molecular complexity index is 277. The second-order valence-corrected chi connectivity index (χ2v) is 5.19. The molecule has 0 unspecified atom stereocenters. The van der Waals surface area contributed by atoms with Gasteiger partial charge in [0.25, 0.3) is 0 Å². The van der Waals surface area contributed by atoms with Crippen LogP contribution in [0.25, 0.3) is 0 Å². The van der Waals surface area contributed by atoms with Crippen molar-refractivity contribution in [2.24, 2.45) is 11.1 Å². The molecule has 0 bridgehead atoms. The quantitative estimate of drug-likeness (QED) is 0.486. The van der Waals surface area contributed by atoms with Crippen LogP contribution in [0.4, 0.5) is 0 Å². The molecule has 0 saturated heterocycles. The van der Waals surface area contributed by atoms with Crippen LogP contribution in [0.1, 0.15) is 52.9 Å². The van der Waals surface area contributed by atoms with Gasteiger partial charge in [-0.15, -0.1) is 0 Å². The van der Waals surface area contributed by atoms with Gasteiger partial charge in [-0.25, -0.2) is 0 Å². The van der Waals surface area contributed by atoms with Crippen molar-refractivity contribution in [3.05, 3.63) is 0 Å². The van der Waals surface area contributed by atoms with E-state index < -0.39 is 5.41 Å². The molecule has 0 rings (SSSR count). The number of nitrogens with two attached hydrogens (primary N) is 1. The molecule has 19 heavy (non-hydrogen) atoms. The highest BCUT2D eigenvalue weighted by Gasteiger charge is 2.26. The van der Waals surface area contributed by atoms with Crippen LogP contribution in [0.2, 0.25) is 0 Å². The Balaban J connectivity index is 3.58. The standard InChI is InChI=1S/C14H27NO4/c1-4-14(2,3)13(17)19-11-10-18-12(16)8-6-5-7-9-15/h4-11,15H2,1-3H3. The third kappa shape index (κ3) is 8.59. The predicted octanol–water partition coefficient (Wildman–Crippen LogP) is 2.03. The van der Waals surface area contributed by atoms with Crippen molar-refractivity contribution >= 4 is 11.9 Å². The number of ether oxygens (including phenoxy) is 2. The zero-order chi connectivity index (χ0) is 14.7. The number of hydrogen-bond donors (Lipinski definition) is 1. The van der Waals surface area contributed by atoms with Crippen LogP contribution in [0, 0.1) is 5.41 Å². The van der Waals surface area contributed by atoms with Gasteiger partial charge in [0.2, 0.25) is 0 Å². The maximum Gasteiger partial charge on any atom is 0.311 e. The van der Waals surface area contributed by atoms with E-state index in [1.165, 1.54) is 0 Å². The first-order valence-electron chi connectivity index (χ1n) is 6.97. The maximum absolute atomic E-state index is 11.6. The molecular formula is C14H27NO4. The van der Waals surface area contributed by atoms with Gasteiger partial charge in [-0.3, -0.25) is 9.59 Å². The molecule has 0 aliphatic rings. The molecule has 0 fully saturated rings. The van der Waals surface area contributed by atoms with Crippen molar-refractivity contribution in [2.45, 2.75) is 52.9 Å². The van der Waals surface area contributed by atoms with E-state index in [2.05, 4.69) is 0 Å². The lowest BCUT2D eigenvalue weighted by molar-refractivity contribution is -0.159. The molecule has 0 aliphatic heterocycles. The number of unbranched alkanes of at least 4 members (excludes halogenated alkanes) is 2. The van der Waals surface area contributed by atoms with Crippen LogP contribution in [0.3, 0.4) is 0 Å². The van der Waals surface area contributed by atoms with E-state index in [-0.39, 0.29) is 25.2 Å². The van der Waals surface area contributed by atoms with Crippen LogP contribution >= 0.6 is 0 Å².